The first kappa shape index (κ1) is 34.0. The molecule has 7 aromatic rings. The van der Waals surface area contributed by atoms with Crippen LogP contribution in [0, 0.1) is 6.92 Å². The third-order valence-electron chi connectivity index (χ3n) is 11.7. The smallest absolute Gasteiger partial charge is 0.0611 e. The van der Waals surface area contributed by atoms with Crippen LogP contribution in [0.2, 0.25) is 0 Å². The molecule has 0 amide bonds. The highest BCUT2D eigenvalue weighted by Gasteiger charge is 2.37. The Kier molecular flexibility index (Phi) is 8.23. The zero-order valence-corrected chi connectivity index (χ0v) is 31.3. The summed E-state index contributed by atoms with van der Waals surface area (Å²) in [7, 11) is 0. The lowest BCUT2D eigenvalue weighted by atomic mass is 9.79. The number of hydrogen-bond donors (Lipinski definition) is 2. The largest absolute Gasteiger partial charge is 0.397 e. The van der Waals surface area contributed by atoms with Crippen LogP contribution in [0.4, 0.5) is 5.69 Å². The van der Waals surface area contributed by atoms with Crippen LogP contribution in [0.3, 0.4) is 0 Å². The minimum Gasteiger partial charge on any atom is -0.397 e. The third kappa shape index (κ3) is 5.40. The average Bonchev–Trinajstić information content (AvgIpc) is 3.56. The number of aryl methyl sites for hydroxylation is 1. The Morgan fingerprint density at radius 3 is 1.72 bits per heavy atom. The van der Waals surface area contributed by atoms with Crippen LogP contribution < -0.4 is 11.1 Å². The van der Waals surface area contributed by atoms with Gasteiger partial charge in [0.1, 0.15) is 0 Å². The molecule has 0 aliphatic heterocycles. The lowest BCUT2D eigenvalue weighted by molar-refractivity contribution is 0.660. The van der Waals surface area contributed by atoms with E-state index in [9.17, 15) is 0 Å². The van der Waals surface area contributed by atoms with Gasteiger partial charge in [0.05, 0.1) is 11.4 Å². The van der Waals surface area contributed by atoms with Gasteiger partial charge in [0.25, 0.3) is 0 Å². The molecule has 0 fully saturated rings. The Morgan fingerprint density at radius 1 is 0.528 bits per heavy atom. The molecule has 2 heteroatoms. The van der Waals surface area contributed by atoms with Crippen LogP contribution in [0.1, 0.15) is 55.5 Å². The van der Waals surface area contributed by atoms with E-state index in [-0.39, 0.29) is 10.8 Å². The first-order valence-corrected chi connectivity index (χ1v) is 18.5. The SMILES string of the molecule is C=C/C(N)=C(\C=C)Nc1ccccc1.Cc1c2ccccc2c(-c2ccc3c(c2)C(C)(C)c2ccccc2-3)c2cc3c(cc12)C(C)(C)c1ccccc1-3. The summed E-state index contributed by atoms with van der Waals surface area (Å²) < 4.78 is 0. The van der Waals surface area contributed by atoms with Gasteiger partial charge in [-0.25, -0.2) is 0 Å². The molecular weight excluding hydrogens is 641 g/mol. The molecule has 2 nitrogen and oxygen atoms in total. The van der Waals surface area contributed by atoms with Gasteiger partial charge in [0, 0.05) is 16.5 Å². The van der Waals surface area contributed by atoms with Crippen molar-refractivity contribution >= 4 is 27.2 Å². The molecule has 9 rings (SSSR count). The molecule has 2 aliphatic carbocycles. The fourth-order valence-corrected chi connectivity index (χ4v) is 8.78. The van der Waals surface area contributed by atoms with Crippen LogP contribution in [0.25, 0.3) is 54.9 Å². The number of hydrogen-bond acceptors (Lipinski definition) is 2. The van der Waals surface area contributed by atoms with Gasteiger partial charge in [0.15, 0.2) is 0 Å². The average molecular weight is 687 g/mol. The van der Waals surface area contributed by atoms with Crippen molar-refractivity contribution in [3.63, 3.8) is 0 Å². The van der Waals surface area contributed by atoms with E-state index < -0.39 is 0 Å². The van der Waals surface area contributed by atoms with E-state index in [0.29, 0.717) is 5.70 Å². The zero-order valence-electron chi connectivity index (χ0n) is 31.3. The number of fused-ring (bicyclic) bond motifs is 8. The molecule has 0 radical (unpaired) electrons. The van der Waals surface area contributed by atoms with Crippen LogP contribution in [0.5, 0.6) is 0 Å². The van der Waals surface area contributed by atoms with Gasteiger partial charge in [-0.15, -0.1) is 0 Å². The molecule has 53 heavy (non-hydrogen) atoms. The van der Waals surface area contributed by atoms with E-state index in [0.717, 1.165) is 11.4 Å². The van der Waals surface area contributed by atoms with E-state index in [1.165, 1.54) is 82.7 Å². The number of allylic oxidation sites excluding steroid dienone is 2. The molecule has 0 atom stereocenters. The van der Waals surface area contributed by atoms with E-state index in [1.54, 1.807) is 12.2 Å². The maximum absolute atomic E-state index is 5.70. The number of nitrogens with one attached hydrogen (secondary N) is 1. The summed E-state index contributed by atoms with van der Waals surface area (Å²) >= 11 is 0. The summed E-state index contributed by atoms with van der Waals surface area (Å²) in [5.41, 5.74) is 23.2. The Morgan fingerprint density at radius 2 is 1.08 bits per heavy atom. The Bertz CT molecular complexity index is 2630. The van der Waals surface area contributed by atoms with Crippen molar-refractivity contribution in [1.29, 1.82) is 0 Å². The van der Waals surface area contributed by atoms with Crippen molar-refractivity contribution in [2.24, 2.45) is 5.73 Å². The van der Waals surface area contributed by atoms with Gasteiger partial charge in [-0.1, -0.05) is 144 Å². The maximum Gasteiger partial charge on any atom is 0.0611 e. The summed E-state index contributed by atoms with van der Waals surface area (Å²) in [6.07, 6.45) is 3.26. The summed E-state index contributed by atoms with van der Waals surface area (Å²) in [6.45, 7) is 19.1. The van der Waals surface area contributed by atoms with Crippen LogP contribution in [0.15, 0.2) is 170 Å². The van der Waals surface area contributed by atoms with E-state index in [4.69, 9.17) is 5.73 Å². The third-order valence-corrected chi connectivity index (χ3v) is 11.7. The predicted octanol–water partition coefficient (Wildman–Crippen LogP) is 13.2. The standard InChI is InChI=1S/C39H32.C12H14N2/c1-23-25-12-6-7-15-29(25)37(24-18-19-28-26-13-8-10-16-33(26)38(2,3)35(28)20-24)32-21-31-27-14-9-11-17-34(27)39(4,5)36(31)22-30(23)32;1-3-11(13)12(4-2)14-10-8-6-5-7-9-10/h6-22H,1-5H3;3-9,14H,1-2,13H2/b;12-11-. The minimum atomic E-state index is -0.0253. The zero-order chi connectivity index (χ0) is 37.1. The lowest BCUT2D eigenvalue weighted by Gasteiger charge is -2.24. The van der Waals surface area contributed by atoms with Crippen molar-refractivity contribution < 1.29 is 0 Å². The van der Waals surface area contributed by atoms with Crippen LogP contribution in [-0.4, -0.2) is 0 Å². The lowest BCUT2D eigenvalue weighted by Crippen LogP contribution is -2.15. The molecule has 0 saturated carbocycles. The maximum atomic E-state index is 5.70. The van der Waals surface area contributed by atoms with Crippen molar-refractivity contribution in [2.45, 2.75) is 45.4 Å². The predicted molar refractivity (Wildman–Crippen MR) is 228 cm³/mol. The van der Waals surface area contributed by atoms with Gasteiger partial charge < -0.3 is 11.1 Å². The molecule has 0 heterocycles. The topological polar surface area (TPSA) is 38.0 Å². The number of nitrogens with two attached hydrogens (primary N) is 1. The first-order chi connectivity index (χ1) is 25.6. The van der Waals surface area contributed by atoms with E-state index >= 15 is 0 Å². The molecular formula is C51H46N2. The Labute approximate surface area is 314 Å². The quantitative estimate of drug-likeness (QED) is 0.140. The molecule has 0 spiro atoms. The van der Waals surface area contributed by atoms with Crippen molar-refractivity contribution in [3.8, 4) is 33.4 Å². The van der Waals surface area contributed by atoms with Gasteiger partial charge >= 0.3 is 0 Å². The second-order valence-corrected chi connectivity index (χ2v) is 15.4. The molecule has 0 aromatic heterocycles. The van der Waals surface area contributed by atoms with Gasteiger partial charge in [-0.05, 0) is 132 Å². The minimum absolute atomic E-state index is 0.0122. The number of anilines is 1. The van der Waals surface area contributed by atoms with E-state index in [1.807, 2.05) is 30.3 Å². The van der Waals surface area contributed by atoms with Crippen molar-refractivity contribution in [3.05, 3.63) is 198 Å². The fraction of sp³-hybridized carbons (Fsp3) is 0.137. The number of rotatable bonds is 5. The first-order valence-electron chi connectivity index (χ1n) is 18.5. The molecule has 0 bridgehead atoms. The van der Waals surface area contributed by atoms with Crippen LogP contribution >= 0.6 is 0 Å². The Hall–Kier alpha value is -6.12. The second kappa shape index (κ2) is 12.8. The molecule has 0 unspecified atom stereocenters. The highest BCUT2D eigenvalue weighted by atomic mass is 14.9. The number of para-hydroxylation sites is 1. The summed E-state index contributed by atoms with van der Waals surface area (Å²) in [5.74, 6) is 0. The highest BCUT2D eigenvalue weighted by Crippen LogP contribution is 2.53. The molecule has 3 N–H and O–H groups in total. The summed E-state index contributed by atoms with van der Waals surface area (Å²) in [6, 6.07) is 48.9. The van der Waals surface area contributed by atoms with Gasteiger partial charge in [0.2, 0.25) is 0 Å². The highest BCUT2D eigenvalue weighted by molar-refractivity contribution is 6.16. The van der Waals surface area contributed by atoms with Crippen molar-refractivity contribution in [2.75, 3.05) is 5.32 Å². The Balaban J connectivity index is 0.000000243. The van der Waals surface area contributed by atoms with Crippen molar-refractivity contribution in [1.82, 2.24) is 0 Å². The molecule has 7 aromatic carbocycles. The fourth-order valence-electron chi connectivity index (χ4n) is 8.78. The molecule has 2 aliphatic rings. The van der Waals surface area contributed by atoms with Crippen LogP contribution in [-0.2, 0) is 10.8 Å². The van der Waals surface area contributed by atoms with Gasteiger partial charge in [-0.3, -0.25) is 0 Å². The summed E-state index contributed by atoms with van der Waals surface area (Å²) in [5, 5.41) is 8.54. The van der Waals surface area contributed by atoms with Gasteiger partial charge in [-0.2, -0.15) is 0 Å². The molecule has 0 saturated heterocycles. The monoisotopic (exact) mass is 686 g/mol. The summed E-state index contributed by atoms with van der Waals surface area (Å²) in [4.78, 5) is 0. The second-order valence-electron chi connectivity index (χ2n) is 15.4. The number of benzene rings is 7. The van der Waals surface area contributed by atoms with E-state index in [2.05, 4.69) is 156 Å². The normalized spacial score (nSPS) is 14.6. The molecule has 260 valence electrons.